The first-order valence-corrected chi connectivity index (χ1v) is 6.85. The normalized spacial score (nSPS) is 23.1. The van der Waals surface area contributed by atoms with E-state index in [0.29, 0.717) is 13.2 Å². The first-order valence-electron chi connectivity index (χ1n) is 6.85. The maximum absolute atomic E-state index is 12.3. The average Bonchev–Trinajstić information content (AvgIpc) is 2.47. The molecule has 1 amide bonds. The van der Waals surface area contributed by atoms with Gasteiger partial charge in [-0.05, 0) is 26.0 Å². The van der Waals surface area contributed by atoms with E-state index in [0.717, 1.165) is 11.3 Å². The molecule has 0 spiro atoms. The smallest absolute Gasteiger partial charge is 0.246 e. The Morgan fingerprint density at radius 2 is 2.15 bits per heavy atom. The van der Waals surface area contributed by atoms with Crippen molar-refractivity contribution in [2.45, 2.75) is 26.0 Å². The summed E-state index contributed by atoms with van der Waals surface area (Å²) in [6.45, 7) is 5.21. The van der Waals surface area contributed by atoms with Crippen molar-refractivity contribution in [1.82, 2.24) is 4.90 Å². The zero-order chi connectivity index (χ0) is 14.5. The lowest BCUT2D eigenvalue weighted by Crippen LogP contribution is -2.49. The van der Waals surface area contributed by atoms with Gasteiger partial charge in [-0.3, -0.25) is 4.79 Å². The molecule has 0 unspecified atom stereocenters. The van der Waals surface area contributed by atoms with Crippen LogP contribution < -0.4 is 4.74 Å². The number of para-hydroxylation sites is 1. The fraction of sp³-hybridized carbons (Fsp3) is 0.438. The van der Waals surface area contributed by atoms with Gasteiger partial charge in [0.05, 0.1) is 25.9 Å². The van der Waals surface area contributed by atoms with Crippen LogP contribution in [0.25, 0.3) is 6.08 Å². The third kappa shape index (κ3) is 3.39. The highest BCUT2D eigenvalue weighted by Gasteiger charge is 2.25. The lowest BCUT2D eigenvalue weighted by molar-refractivity contribution is -0.137. The molecule has 1 aliphatic rings. The monoisotopic (exact) mass is 275 g/mol. The molecule has 1 aromatic carbocycles. The first kappa shape index (κ1) is 14.6. The van der Waals surface area contributed by atoms with Crippen molar-refractivity contribution in [2.75, 3.05) is 20.3 Å². The van der Waals surface area contributed by atoms with Crippen LogP contribution >= 0.6 is 0 Å². The molecule has 1 heterocycles. The standard InChI is InChI=1S/C16H21NO3/c1-12-11-20-13(2)10-17(12)16(18)9-8-14-6-4-5-7-15(14)19-3/h4-9,12-13H,10-11H2,1-3H3/b9-8+/t12-,13+/m1/s1. The molecule has 2 atom stereocenters. The van der Waals surface area contributed by atoms with Crippen LogP contribution in [-0.2, 0) is 9.53 Å². The minimum absolute atomic E-state index is 0.0126. The predicted octanol–water partition coefficient (Wildman–Crippen LogP) is 2.34. The highest BCUT2D eigenvalue weighted by molar-refractivity contribution is 5.92. The van der Waals surface area contributed by atoms with E-state index >= 15 is 0 Å². The Morgan fingerprint density at radius 3 is 2.90 bits per heavy atom. The molecule has 0 radical (unpaired) electrons. The van der Waals surface area contributed by atoms with Gasteiger partial charge in [-0.2, -0.15) is 0 Å². The molecule has 0 aromatic heterocycles. The van der Waals surface area contributed by atoms with Crippen molar-refractivity contribution in [3.63, 3.8) is 0 Å². The van der Waals surface area contributed by atoms with Gasteiger partial charge in [-0.15, -0.1) is 0 Å². The summed E-state index contributed by atoms with van der Waals surface area (Å²) in [6, 6.07) is 7.74. The highest BCUT2D eigenvalue weighted by Crippen LogP contribution is 2.19. The Bertz CT molecular complexity index is 498. The number of carbonyl (C=O) groups is 1. The minimum Gasteiger partial charge on any atom is -0.496 e. The van der Waals surface area contributed by atoms with Crippen molar-refractivity contribution >= 4 is 12.0 Å². The summed E-state index contributed by atoms with van der Waals surface area (Å²) < 4.78 is 10.8. The minimum atomic E-state index is 0.0126. The topological polar surface area (TPSA) is 38.8 Å². The molecular formula is C16H21NO3. The van der Waals surface area contributed by atoms with Gasteiger partial charge in [0.1, 0.15) is 5.75 Å². The molecule has 2 rings (SSSR count). The first-order chi connectivity index (χ1) is 9.61. The molecule has 1 fully saturated rings. The fourth-order valence-corrected chi connectivity index (χ4v) is 2.27. The predicted molar refractivity (Wildman–Crippen MR) is 78.6 cm³/mol. The molecule has 4 nitrogen and oxygen atoms in total. The second-order valence-electron chi connectivity index (χ2n) is 5.06. The van der Waals surface area contributed by atoms with E-state index < -0.39 is 0 Å². The summed E-state index contributed by atoms with van der Waals surface area (Å²) in [5, 5.41) is 0. The maximum atomic E-state index is 12.3. The summed E-state index contributed by atoms with van der Waals surface area (Å²) in [5.41, 5.74) is 0.900. The van der Waals surface area contributed by atoms with Gasteiger partial charge in [0.25, 0.3) is 0 Å². The van der Waals surface area contributed by atoms with Crippen LogP contribution in [0, 0.1) is 0 Å². The number of hydrogen-bond acceptors (Lipinski definition) is 3. The lowest BCUT2D eigenvalue weighted by atomic mass is 10.1. The number of morpholine rings is 1. The van der Waals surface area contributed by atoms with E-state index in [-0.39, 0.29) is 18.1 Å². The van der Waals surface area contributed by atoms with Crippen LogP contribution in [0.1, 0.15) is 19.4 Å². The van der Waals surface area contributed by atoms with E-state index in [1.54, 1.807) is 19.3 Å². The average molecular weight is 275 g/mol. The molecule has 0 saturated carbocycles. The van der Waals surface area contributed by atoms with Crippen LogP contribution in [-0.4, -0.2) is 43.2 Å². The molecule has 0 N–H and O–H groups in total. The summed E-state index contributed by atoms with van der Waals surface area (Å²) in [7, 11) is 1.63. The molecule has 1 aromatic rings. The number of nitrogens with zero attached hydrogens (tertiary/aromatic N) is 1. The van der Waals surface area contributed by atoms with Gasteiger partial charge in [0.2, 0.25) is 5.91 Å². The summed E-state index contributed by atoms with van der Waals surface area (Å²) >= 11 is 0. The van der Waals surface area contributed by atoms with Crippen LogP contribution in [0.4, 0.5) is 0 Å². The zero-order valence-electron chi connectivity index (χ0n) is 12.2. The Kier molecular flexibility index (Phi) is 4.79. The fourth-order valence-electron chi connectivity index (χ4n) is 2.27. The largest absolute Gasteiger partial charge is 0.496 e. The molecular weight excluding hydrogens is 254 g/mol. The van der Waals surface area contributed by atoms with Gasteiger partial charge in [-0.1, -0.05) is 18.2 Å². The van der Waals surface area contributed by atoms with E-state index in [9.17, 15) is 4.79 Å². The highest BCUT2D eigenvalue weighted by atomic mass is 16.5. The zero-order valence-corrected chi connectivity index (χ0v) is 12.2. The van der Waals surface area contributed by atoms with Crippen molar-refractivity contribution in [1.29, 1.82) is 0 Å². The molecule has 1 saturated heterocycles. The van der Waals surface area contributed by atoms with E-state index in [1.165, 1.54) is 0 Å². The number of methoxy groups -OCH3 is 1. The lowest BCUT2D eigenvalue weighted by Gasteiger charge is -2.36. The van der Waals surface area contributed by atoms with Crippen molar-refractivity contribution in [3.05, 3.63) is 35.9 Å². The molecule has 0 bridgehead atoms. The summed E-state index contributed by atoms with van der Waals surface area (Å²) in [6.07, 6.45) is 3.50. The molecule has 108 valence electrons. The van der Waals surface area contributed by atoms with Gasteiger partial charge in [-0.25, -0.2) is 0 Å². The Balaban J connectivity index is 2.08. The maximum Gasteiger partial charge on any atom is 0.246 e. The van der Waals surface area contributed by atoms with Gasteiger partial charge in [0, 0.05) is 18.2 Å². The number of benzene rings is 1. The molecule has 1 aliphatic heterocycles. The second-order valence-corrected chi connectivity index (χ2v) is 5.06. The third-order valence-corrected chi connectivity index (χ3v) is 3.44. The van der Waals surface area contributed by atoms with E-state index in [4.69, 9.17) is 9.47 Å². The number of carbonyl (C=O) groups excluding carboxylic acids is 1. The number of ether oxygens (including phenoxy) is 2. The summed E-state index contributed by atoms with van der Waals surface area (Å²) in [5.74, 6) is 0.776. The third-order valence-electron chi connectivity index (χ3n) is 3.44. The quantitative estimate of drug-likeness (QED) is 0.795. The van der Waals surface area contributed by atoms with Crippen LogP contribution in [0.15, 0.2) is 30.3 Å². The summed E-state index contributed by atoms with van der Waals surface area (Å²) in [4.78, 5) is 14.1. The van der Waals surface area contributed by atoms with Gasteiger partial charge in [0.15, 0.2) is 0 Å². The van der Waals surface area contributed by atoms with Crippen LogP contribution in [0.5, 0.6) is 5.75 Å². The van der Waals surface area contributed by atoms with Crippen molar-refractivity contribution < 1.29 is 14.3 Å². The van der Waals surface area contributed by atoms with Crippen molar-refractivity contribution in [3.8, 4) is 5.75 Å². The number of amides is 1. The Morgan fingerprint density at radius 1 is 1.40 bits per heavy atom. The molecule has 4 heteroatoms. The van der Waals surface area contributed by atoms with E-state index in [1.807, 2.05) is 43.0 Å². The number of rotatable bonds is 3. The van der Waals surface area contributed by atoms with Crippen LogP contribution in [0.3, 0.4) is 0 Å². The Hall–Kier alpha value is -1.81. The SMILES string of the molecule is COc1ccccc1/C=C/C(=O)N1C[C@H](C)OC[C@H]1C. The van der Waals surface area contributed by atoms with E-state index in [2.05, 4.69) is 0 Å². The van der Waals surface area contributed by atoms with Gasteiger partial charge < -0.3 is 14.4 Å². The van der Waals surface area contributed by atoms with Crippen LogP contribution in [0.2, 0.25) is 0 Å². The second kappa shape index (κ2) is 6.57. The molecule has 20 heavy (non-hydrogen) atoms. The van der Waals surface area contributed by atoms with Gasteiger partial charge >= 0.3 is 0 Å². The Labute approximate surface area is 120 Å². The molecule has 0 aliphatic carbocycles. The van der Waals surface area contributed by atoms with Crippen molar-refractivity contribution in [2.24, 2.45) is 0 Å². The number of hydrogen-bond donors (Lipinski definition) is 0.